The molecule has 1 heterocycles. The van der Waals surface area contributed by atoms with Crippen LogP contribution in [0.5, 0.6) is 11.5 Å². The third-order valence-electron chi connectivity index (χ3n) is 5.32. The molecule has 0 unspecified atom stereocenters. The molecule has 0 saturated heterocycles. The van der Waals surface area contributed by atoms with Crippen molar-refractivity contribution >= 4 is 17.6 Å². The molecular weight excluding hydrogens is 444 g/mol. The highest BCUT2D eigenvalue weighted by Gasteiger charge is 2.35. The first kappa shape index (κ1) is 24.3. The molecule has 1 aliphatic heterocycles. The van der Waals surface area contributed by atoms with Crippen LogP contribution in [-0.4, -0.2) is 50.2 Å². The minimum Gasteiger partial charge on any atom is -0.493 e. The summed E-state index contributed by atoms with van der Waals surface area (Å²) >= 11 is 0. The Kier molecular flexibility index (Phi) is 7.52. The molecule has 0 spiro atoms. The Morgan fingerprint density at radius 2 is 1.44 bits per heavy atom. The number of nitro groups is 1. The average Bonchev–Trinajstić information content (AvgIpc) is 2.87. The molecule has 3 rings (SSSR count). The largest absolute Gasteiger partial charge is 0.493 e. The highest BCUT2D eigenvalue weighted by Crippen LogP contribution is 2.38. The number of nitro benzene ring substituents is 1. The number of ether oxygens (including phenoxy) is 4. The van der Waals surface area contributed by atoms with Gasteiger partial charge < -0.3 is 23.8 Å². The predicted octanol–water partition coefficient (Wildman–Crippen LogP) is 3.33. The number of benzene rings is 2. The van der Waals surface area contributed by atoms with Crippen molar-refractivity contribution in [1.29, 1.82) is 0 Å². The number of carbonyl (C=O) groups is 2. The fourth-order valence-electron chi connectivity index (χ4n) is 3.72. The maximum Gasteiger partial charge on any atom is 0.336 e. The molecule has 2 aromatic carbocycles. The highest BCUT2D eigenvalue weighted by molar-refractivity contribution is 5.98. The molecule has 0 N–H and O–H groups in total. The third kappa shape index (κ3) is 5.01. The van der Waals surface area contributed by atoms with Gasteiger partial charge in [-0.1, -0.05) is 18.2 Å². The van der Waals surface area contributed by atoms with E-state index in [1.54, 1.807) is 29.4 Å². The van der Waals surface area contributed by atoms with Gasteiger partial charge >= 0.3 is 11.9 Å². The fraction of sp³-hybridized carbons (Fsp3) is 0.250. The number of esters is 2. The lowest BCUT2D eigenvalue weighted by atomic mass is 9.83. The summed E-state index contributed by atoms with van der Waals surface area (Å²) in [6, 6.07) is 11.0. The topological polar surface area (TPSA) is 117 Å². The van der Waals surface area contributed by atoms with Crippen LogP contribution in [0.4, 0.5) is 5.69 Å². The van der Waals surface area contributed by atoms with Crippen LogP contribution in [-0.2, 0) is 25.6 Å². The lowest BCUT2D eigenvalue weighted by molar-refractivity contribution is -0.384. The normalized spacial score (nSPS) is 13.5. The summed E-state index contributed by atoms with van der Waals surface area (Å²) in [4.78, 5) is 37.6. The van der Waals surface area contributed by atoms with Gasteiger partial charge in [0.25, 0.3) is 5.69 Å². The van der Waals surface area contributed by atoms with Gasteiger partial charge in [-0.15, -0.1) is 0 Å². The summed E-state index contributed by atoms with van der Waals surface area (Å²) in [5.74, 6) is -1.01. The van der Waals surface area contributed by atoms with E-state index in [4.69, 9.17) is 18.9 Å². The van der Waals surface area contributed by atoms with E-state index in [0.717, 1.165) is 5.56 Å². The van der Waals surface area contributed by atoms with Gasteiger partial charge in [0, 0.05) is 31.1 Å². The van der Waals surface area contributed by atoms with Crippen LogP contribution >= 0.6 is 0 Å². The van der Waals surface area contributed by atoms with Crippen molar-refractivity contribution in [1.82, 2.24) is 4.90 Å². The van der Waals surface area contributed by atoms with Crippen LogP contribution in [0.1, 0.15) is 17.0 Å². The van der Waals surface area contributed by atoms with Crippen LogP contribution in [0.2, 0.25) is 0 Å². The van der Waals surface area contributed by atoms with Crippen molar-refractivity contribution in [3.05, 3.63) is 87.3 Å². The SMILES string of the molecule is COC(=O)C1=CN(Cc2ccc(OC)c(OC)c2)C=C(C(=O)OC)C1c1ccc([N+](=O)[O-])cc1. The second kappa shape index (κ2) is 10.5. The molecule has 178 valence electrons. The second-order valence-electron chi connectivity index (χ2n) is 7.30. The van der Waals surface area contributed by atoms with Gasteiger partial charge in [-0.25, -0.2) is 9.59 Å². The molecule has 0 bridgehead atoms. The number of hydrogen-bond donors (Lipinski definition) is 0. The second-order valence-corrected chi connectivity index (χ2v) is 7.30. The molecule has 10 heteroatoms. The Labute approximate surface area is 196 Å². The summed E-state index contributed by atoms with van der Waals surface area (Å²) in [6.07, 6.45) is 3.17. The minimum absolute atomic E-state index is 0.109. The number of non-ortho nitro benzene ring substituents is 1. The van der Waals surface area contributed by atoms with E-state index < -0.39 is 22.8 Å². The first-order chi connectivity index (χ1) is 16.3. The molecule has 34 heavy (non-hydrogen) atoms. The monoisotopic (exact) mass is 468 g/mol. The number of rotatable bonds is 8. The smallest absolute Gasteiger partial charge is 0.336 e. The van der Waals surface area contributed by atoms with E-state index in [2.05, 4.69) is 0 Å². The van der Waals surface area contributed by atoms with E-state index in [1.165, 1.54) is 52.7 Å². The Morgan fingerprint density at radius 3 is 1.91 bits per heavy atom. The Balaban J connectivity index is 2.05. The molecule has 2 aromatic rings. The van der Waals surface area contributed by atoms with E-state index in [-0.39, 0.29) is 16.8 Å². The van der Waals surface area contributed by atoms with Crippen LogP contribution in [0.15, 0.2) is 66.0 Å². The zero-order valence-electron chi connectivity index (χ0n) is 19.1. The van der Waals surface area contributed by atoms with E-state index >= 15 is 0 Å². The van der Waals surface area contributed by atoms with Gasteiger partial charge in [0.2, 0.25) is 0 Å². The Hall–Kier alpha value is -4.34. The van der Waals surface area contributed by atoms with Gasteiger partial charge in [0.15, 0.2) is 11.5 Å². The van der Waals surface area contributed by atoms with Crippen LogP contribution in [0.25, 0.3) is 0 Å². The Morgan fingerprint density at radius 1 is 0.882 bits per heavy atom. The summed E-state index contributed by atoms with van der Waals surface area (Å²) in [6.45, 7) is 0.300. The van der Waals surface area contributed by atoms with Crippen molar-refractivity contribution in [3.8, 4) is 11.5 Å². The summed E-state index contributed by atoms with van der Waals surface area (Å²) in [5.41, 5.74) is 1.58. The van der Waals surface area contributed by atoms with Crippen molar-refractivity contribution in [2.75, 3.05) is 28.4 Å². The molecule has 10 nitrogen and oxygen atoms in total. The van der Waals surface area contributed by atoms with Gasteiger partial charge in [-0.3, -0.25) is 10.1 Å². The zero-order valence-corrected chi connectivity index (χ0v) is 19.1. The molecule has 0 atom stereocenters. The highest BCUT2D eigenvalue weighted by atomic mass is 16.6. The summed E-state index contributed by atoms with van der Waals surface area (Å²) < 4.78 is 20.6. The standard InChI is InChI=1S/C24H24N2O8/c1-31-20-10-5-15(11-21(20)32-2)12-25-13-18(23(27)33-3)22(19(14-25)24(28)34-4)16-6-8-17(9-7-16)26(29)30/h5-11,13-14,22H,12H2,1-4H3. The first-order valence-electron chi connectivity index (χ1n) is 10.1. The summed E-state index contributed by atoms with van der Waals surface area (Å²) in [5, 5.41) is 11.0. The minimum atomic E-state index is -0.831. The van der Waals surface area contributed by atoms with Crippen molar-refractivity contribution in [2.24, 2.45) is 0 Å². The fourth-order valence-corrected chi connectivity index (χ4v) is 3.72. The van der Waals surface area contributed by atoms with Gasteiger partial charge in [-0.05, 0) is 23.3 Å². The lowest BCUT2D eigenvalue weighted by Gasteiger charge is -2.30. The average molecular weight is 468 g/mol. The van der Waals surface area contributed by atoms with Crippen LogP contribution in [0, 0.1) is 10.1 Å². The van der Waals surface area contributed by atoms with Crippen molar-refractivity contribution < 1.29 is 33.5 Å². The molecule has 0 amide bonds. The van der Waals surface area contributed by atoms with Crippen molar-refractivity contribution in [2.45, 2.75) is 12.5 Å². The number of methoxy groups -OCH3 is 4. The van der Waals surface area contributed by atoms with Gasteiger partial charge in [0.1, 0.15) is 0 Å². The van der Waals surface area contributed by atoms with E-state index in [9.17, 15) is 19.7 Å². The number of hydrogen-bond acceptors (Lipinski definition) is 9. The van der Waals surface area contributed by atoms with Gasteiger partial charge in [-0.2, -0.15) is 0 Å². The van der Waals surface area contributed by atoms with Crippen molar-refractivity contribution in [3.63, 3.8) is 0 Å². The third-order valence-corrected chi connectivity index (χ3v) is 5.32. The van der Waals surface area contributed by atoms with Crippen LogP contribution in [0.3, 0.4) is 0 Å². The predicted molar refractivity (Wildman–Crippen MR) is 121 cm³/mol. The number of nitrogens with zero attached hydrogens (tertiary/aromatic N) is 2. The maximum atomic E-state index is 12.7. The molecule has 0 fully saturated rings. The number of carbonyl (C=O) groups excluding carboxylic acids is 2. The van der Waals surface area contributed by atoms with E-state index in [1.807, 2.05) is 6.07 Å². The maximum absolute atomic E-state index is 12.7. The molecule has 0 aromatic heterocycles. The van der Waals surface area contributed by atoms with Gasteiger partial charge in [0.05, 0.1) is 50.4 Å². The zero-order chi connectivity index (χ0) is 24.8. The van der Waals surface area contributed by atoms with E-state index in [0.29, 0.717) is 23.6 Å². The molecule has 0 aliphatic carbocycles. The molecular formula is C24H24N2O8. The van der Waals surface area contributed by atoms with Crippen LogP contribution < -0.4 is 9.47 Å². The first-order valence-corrected chi connectivity index (χ1v) is 10.1. The quantitative estimate of drug-likeness (QED) is 0.327. The molecule has 0 radical (unpaired) electrons. The summed E-state index contributed by atoms with van der Waals surface area (Å²) in [7, 11) is 5.55. The lowest BCUT2D eigenvalue weighted by Crippen LogP contribution is -2.28. The molecule has 1 aliphatic rings. The molecule has 0 saturated carbocycles. The Bertz CT molecular complexity index is 1120.